The van der Waals surface area contributed by atoms with E-state index in [2.05, 4.69) is 35.3 Å². The fourth-order valence-electron chi connectivity index (χ4n) is 5.18. The number of fused-ring (bicyclic) bond motifs is 3. The summed E-state index contributed by atoms with van der Waals surface area (Å²) in [7, 11) is 0. The molecule has 1 aliphatic heterocycles. The largest absolute Gasteiger partial charge is 0.492 e. The number of rotatable bonds is 2. The van der Waals surface area contributed by atoms with Gasteiger partial charge in [-0.15, -0.1) is 0 Å². The molecule has 3 aromatic rings. The molecular formula is C25H25N3O. The van der Waals surface area contributed by atoms with Crippen LogP contribution in [0, 0.1) is 0 Å². The van der Waals surface area contributed by atoms with Gasteiger partial charge in [0.2, 0.25) is 0 Å². The van der Waals surface area contributed by atoms with Crippen molar-refractivity contribution in [1.82, 2.24) is 15.0 Å². The summed E-state index contributed by atoms with van der Waals surface area (Å²) in [4.78, 5) is 14.7. The van der Waals surface area contributed by atoms with Gasteiger partial charge in [-0.1, -0.05) is 12.1 Å². The van der Waals surface area contributed by atoms with Crippen LogP contribution in [0.5, 0.6) is 5.75 Å². The molecule has 0 saturated carbocycles. The molecule has 3 aliphatic rings. The molecule has 0 bridgehead atoms. The Balaban J connectivity index is 1.25. The highest BCUT2D eigenvalue weighted by atomic mass is 16.5. The Hall–Kier alpha value is -2.75. The molecule has 4 heterocycles. The number of ether oxygens (including phenoxy) is 1. The molecule has 0 saturated heterocycles. The SMILES string of the molecule is c1cnc2c(c1)CC(c1ccc3c(n1)CC(c1ccc4c(n1)CCCO4)CC3)C2. The minimum atomic E-state index is 0.458. The third-order valence-electron chi connectivity index (χ3n) is 6.79. The maximum atomic E-state index is 5.74. The average Bonchev–Trinajstić information content (AvgIpc) is 3.22. The van der Waals surface area contributed by atoms with Gasteiger partial charge in [-0.3, -0.25) is 15.0 Å². The van der Waals surface area contributed by atoms with Gasteiger partial charge < -0.3 is 4.74 Å². The molecule has 0 amide bonds. The van der Waals surface area contributed by atoms with E-state index in [-0.39, 0.29) is 0 Å². The number of pyridine rings is 3. The van der Waals surface area contributed by atoms with E-state index in [1.807, 2.05) is 12.3 Å². The minimum Gasteiger partial charge on any atom is -0.492 e. The van der Waals surface area contributed by atoms with Crippen molar-refractivity contribution in [2.45, 2.75) is 56.8 Å². The second kappa shape index (κ2) is 6.94. The zero-order valence-corrected chi connectivity index (χ0v) is 16.6. The second-order valence-corrected chi connectivity index (χ2v) is 8.63. The Morgan fingerprint density at radius 3 is 2.59 bits per heavy atom. The summed E-state index contributed by atoms with van der Waals surface area (Å²) in [5.74, 6) is 1.90. The van der Waals surface area contributed by atoms with Gasteiger partial charge in [-0.2, -0.15) is 0 Å². The molecule has 29 heavy (non-hydrogen) atoms. The van der Waals surface area contributed by atoms with Gasteiger partial charge in [0.05, 0.1) is 12.3 Å². The average molecular weight is 383 g/mol. The zero-order valence-electron chi connectivity index (χ0n) is 16.6. The molecule has 0 spiro atoms. The first kappa shape index (κ1) is 17.1. The van der Waals surface area contributed by atoms with Crippen LogP contribution in [0.1, 0.15) is 64.3 Å². The van der Waals surface area contributed by atoms with Crippen LogP contribution in [0.25, 0.3) is 0 Å². The highest BCUT2D eigenvalue weighted by Gasteiger charge is 2.28. The Labute approximate surface area is 171 Å². The van der Waals surface area contributed by atoms with E-state index < -0.39 is 0 Å². The van der Waals surface area contributed by atoms with Crippen LogP contribution >= 0.6 is 0 Å². The van der Waals surface area contributed by atoms with Gasteiger partial charge in [-0.25, -0.2) is 0 Å². The van der Waals surface area contributed by atoms with Crippen molar-refractivity contribution >= 4 is 0 Å². The van der Waals surface area contributed by atoms with Crippen LogP contribution in [0.15, 0.2) is 42.6 Å². The van der Waals surface area contributed by atoms with E-state index in [4.69, 9.17) is 14.7 Å². The maximum absolute atomic E-state index is 5.74. The molecule has 0 radical (unpaired) electrons. The first-order valence-corrected chi connectivity index (χ1v) is 10.9. The van der Waals surface area contributed by atoms with Crippen molar-refractivity contribution in [1.29, 1.82) is 0 Å². The van der Waals surface area contributed by atoms with Gasteiger partial charge in [-0.05, 0) is 80.3 Å². The van der Waals surface area contributed by atoms with E-state index in [1.54, 1.807) is 0 Å². The molecule has 0 fully saturated rings. The van der Waals surface area contributed by atoms with E-state index in [0.717, 1.165) is 63.0 Å². The Morgan fingerprint density at radius 1 is 0.759 bits per heavy atom. The minimum absolute atomic E-state index is 0.458. The lowest BCUT2D eigenvalue weighted by Gasteiger charge is -2.26. The number of aryl methyl sites for hydroxylation is 2. The molecule has 3 aromatic heterocycles. The third kappa shape index (κ3) is 3.11. The van der Waals surface area contributed by atoms with Gasteiger partial charge in [0.15, 0.2) is 0 Å². The van der Waals surface area contributed by atoms with Crippen molar-refractivity contribution in [3.05, 3.63) is 82.2 Å². The Bertz CT molecular complexity index is 1050. The summed E-state index contributed by atoms with van der Waals surface area (Å²) < 4.78 is 5.74. The lowest BCUT2D eigenvalue weighted by Crippen LogP contribution is -2.18. The first-order chi connectivity index (χ1) is 14.3. The summed E-state index contributed by atoms with van der Waals surface area (Å²) in [6.07, 6.45) is 9.32. The fraction of sp³-hybridized carbons (Fsp3) is 0.400. The number of aromatic nitrogens is 3. The maximum Gasteiger partial charge on any atom is 0.140 e. The van der Waals surface area contributed by atoms with Gasteiger partial charge >= 0.3 is 0 Å². The number of hydrogen-bond acceptors (Lipinski definition) is 4. The van der Waals surface area contributed by atoms with Gasteiger partial charge in [0, 0.05) is 40.8 Å². The molecular weight excluding hydrogens is 358 g/mol. The van der Waals surface area contributed by atoms with Crippen LogP contribution in [0.3, 0.4) is 0 Å². The van der Waals surface area contributed by atoms with Crippen LogP contribution < -0.4 is 4.74 Å². The Morgan fingerprint density at radius 2 is 1.62 bits per heavy atom. The molecule has 4 heteroatoms. The van der Waals surface area contributed by atoms with E-state index >= 15 is 0 Å². The lowest BCUT2D eigenvalue weighted by molar-refractivity contribution is 0.284. The van der Waals surface area contributed by atoms with Crippen molar-refractivity contribution in [2.75, 3.05) is 6.61 Å². The standard InChI is InChI=1S/C25H25N3O/c1-3-17-13-19(15-23(17)26-11-1)21-8-7-16-5-6-18(14-24(16)28-21)20-9-10-25-22(27-20)4-2-12-29-25/h1,3,7-11,18-19H,2,4-6,12-15H2. The van der Waals surface area contributed by atoms with E-state index in [9.17, 15) is 0 Å². The van der Waals surface area contributed by atoms with E-state index in [1.165, 1.54) is 33.9 Å². The fourth-order valence-corrected chi connectivity index (χ4v) is 5.18. The van der Waals surface area contributed by atoms with Crippen molar-refractivity contribution in [2.24, 2.45) is 0 Å². The summed E-state index contributed by atoms with van der Waals surface area (Å²) in [5.41, 5.74) is 8.90. The highest BCUT2D eigenvalue weighted by Crippen LogP contribution is 2.36. The molecule has 2 atom stereocenters. The smallest absolute Gasteiger partial charge is 0.140 e. The summed E-state index contributed by atoms with van der Waals surface area (Å²) in [6.45, 7) is 0.818. The van der Waals surface area contributed by atoms with Crippen molar-refractivity contribution < 1.29 is 4.74 Å². The first-order valence-electron chi connectivity index (χ1n) is 10.9. The summed E-state index contributed by atoms with van der Waals surface area (Å²) in [5, 5.41) is 0. The molecule has 2 unspecified atom stereocenters. The second-order valence-electron chi connectivity index (χ2n) is 8.63. The molecule has 2 aliphatic carbocycles. The van der Waals surface area contributed by atoms with Gasteiger partial charge in [0.25, 0.3) is 0 Å². The predicted molar refractivity (Wildman–Crippen MR) is 111 cm³/mol. The highest BCUT2D eigenvalue weighted by molar-refractivity contribution is 5.36. The summed E-state index contributed by atoms with van der Waals surface area (Å²) in [6, 6.07) is 13.1. The third-order valence-corrected chi connectivity index (χ3v) is 6.79. The van der Waals surface area contributed by atoms with Crippen molar-refractivity contribution in [3.63, 3.8) is 0 Å². The molecule has 146 valence electrons. The normalized spacial score (nSPS) is 22.3. The van der Waals surface area contributed by atoms with Crippen LogP contribution in [-0.4, -0.2) is 21.6 Å². The monoisotopic (exact) mass is 383 g/mol. The van der Waals surface area contributed by atoms with Gasteiger partial charge in [0.1, 0.15) is 5.75 Å². The van der Waals surface area contributed by atoms with Crippen LogP contribution in [0.2, 0.25) is 0 Å². The molecule has 0 aromatic carbocycles. The quantitative estimate of drug-likeness (QED) is 0.660. The van der Waals surface area contributed by atoms with Crippen LogP contribution in [-0.2, 0) is 32.1 Å². The number of nitrogens with zero attached hydrogens (tertiary/aromatic N) is 3. The van der Waals surface area contributed by atoms with E-state index in [0.29, 0.717) is 11.8 Å². The Kier molecular flexibility index (Phi) is 4.10. The predicted octanol–water partition coefficient (Wildman–Crippen LogP) is 4.35. The summed E-state index contributed by atoms with van der Waals surface area (Å²) >= 11 is 0. The zero-order chi connectivity index (χ0) is 19.2. The van der Waals surface area contributed by atoms with Crippen molar-refractivity contribution in [3.8, 4) is 5.75 Å². The topological polar surface area (TPSA) is 47.9 Å². The molecule has 4 nitrogen and oxygen atoms in total. The number of hydrogen-bond donors (Lipinski definition) is 0. The lowest BCUT2D eigenvalue weighted by atomic mass is 9.84. The molecule has 6 rings (SSSR count). The van der Waals surface area contributed by atoms with Crippen LogP contribution in [0.4, 0.5) is 0 Å². The molecule has 0 N–H and O–H groups in total.